The molecule has 2 aromatic heterocycles. The largest absolute Gasteiger partial charge is 0.465 e. The number of hydrogen-bond acceptors (Lipinski definition) is 6. The minimum atomic E-state index is -1.27. The fraction of sp³-hybridized carbons (Fsp3) is 0.353. The minimum absolute atomic E-state index is 0.0470. The summed E-state index contributed by atoms with van der Waals surface area (Å²) in [5, 5.41) is 16.8. The van der Waals surface area contributed by atoms with Gasteiger partial charge in [0.1, 0.15) is 35.0 Å². The molecule has 146 valence electrons. The maximum atomic E-state index is 13.2. The van der Waals surface area contributed by atoms with Crippen LogP contribution in [0.2, 0.25) is 5.02 Å². The molecule has 0 aromatic carbocycles. The summed E-state index contributed by atoms with van der Waals surface area (Å²) in [4.78, 5) is 44.3. The third kappa shape index (κ3) is 2.52. The van der Waals surface area contributed by atoms with E-state index in [0.717, 1.165) is 12.7 Å². The summed E-state index contributed by atoms with van der Waals surface area (Å²) >= 11 is 6.33. The molecule has 2 amide bonds. The monoisotopic (exact) mass is 404 g/mol. The highest BCUT2D eigenvalue weighted by molar-refractivity contribution is 6.34. The van der Waals surface area contributed by atoms with E-state index in [1.165, 1.54) is 16.7 Å². The van der Waals surface area contributed by atoms with Crippen molar-refractivity contribution >= 4 is 40.9 Å². The number of carbonyl (C=O) groups excluding carboxylic acids is 1. The molecule has 0 bridgehead atoms. The Morgan fingerprint density at radius 3 is 2.57 bits per heavy atom. The van der Waals surface area contributed by atoms with Crippen molar-refractivity contribution < 1.29 is 14.7 Å². The Hall–Kier alpha value is -3.14. The zero-order valence-corrected chi connectivity index (χ0v) is 15.8. The molecule has 1 spiro atoms. The van der Waals surface area contributed by atoms with Gasteiger partial charge in [-0.1, -0.05) is 25.4 Å². The summed E-state index contributed by atoms with van der Waals surface area (Å²) < 4.78 is 1.43. The Morgan fingerprint density at radius 1 is 1.25 bits per heavy atom. The summed E-state index contributed by atoms with van der Waals surface area (Å²) in [6.07, 6.45) is 1.36. The van der Waals surface area contributed by atoms with Crippen molar-refractivity contribution in [1.29, 1.82) is 0 Å². The van der Waals surface area contributed by atoms with Gasteiger partial charge >= 0.3 is 6.09 Å². The van der Waals surface area contributed by atoms with Gasteiger partial charge in [-0.2, -0.15) is 0 Å². The van der Waals surface area contributed by atoms with E-state index in [1.54, 1.807) is 0 Å². The van der Waals surface area contributed by atoms with Crippen LogP contribution >= 0.6 is 11.6 Å². The molecule has 2 aromatic rings. The summed E-state index contributed by atoms with van der Waals surface area (Å²) in [6.45, 7) is 3.97. The molecule has 1 aliphatic carbocycles. The third-order valence-corrected chi connectivity index (χ3v) is 5.76. The van der Waals surface area contributed by atoms with Crippen molar-refractivity contribution in [3.63, 3.8) is 0 Å². The van der Waals surface area contributed by atoms with Crippen molar-refractivity contribution in [1.82, 2.24) is 19.9 Å². The average molecular weight is 405 g/mol. The number of carbonyl (C=O) groups is 2. The molecule has 3 heterocycles. The van der Waals surface area contributed by atoms with E-state index < -0.39 is 17.3 Å². The van der Waals surface area contributed by atoms with E-state index in [2.05, 4.69) is 25.9 Å². The molecule has 4 rings (SSSR count). The molecule has 0 saturated heterocycles. The van der Waals surface area contributed by atoms with E-state index in [9.17, 15) is 14.4 Å². The maximum Gasteiger partial charge on any atom is 0.410 e. The minimum Gasteiger partial charge on any atom is -0.465 e. The highest BCUT2D eigenvalue weighted by Gasteiger charge is 2.60. The zero-order chi connectivity index (χ0) is 20.3. The number of carboxylic acid groups (broad SMARTS) is 1. The van der Waals surface area contributed by atoms with Crippen LogP contribution in [0, 0.1) is 5.41 Å². The predicted octanol–water partition coefficient (Wildman–Crippen LogP) is 2.34. The van der Waals surface area contributed by atoms with Gasteiger partial charge in [-0.05, 0) is 18.9 Å². The summed E-state index contributed by atoms with van der Waals surface area (Å²) in [5.74, 6) is -0.131. The van der Waals surface area contributed by atoms with Crippen LogP contribution in [0.4, 0.5) is 22.1 Å². The van der Waals surface area contributed by atoms with Gasteiger partial charge < -0.3 is 15.7 Å². The first-order valence-corrected chi connectivity index (χ1v) is 8.90. The Kier molecular flexibility index (Phi) is 3.86. The first-order chi connectivity index (χ1) is 13.1. The number of amides is 2. The highest BCUT2D eigenvalue weighted by atomic mass is 35.5. The van der Waals surface area contributed by atoms with Crippen LogP contribution in [0.1, 0.15) is 37.2 Å². The molecule has 11 heteroatoms. The van der Waals surface area contributed by atoms with Gasteiger partial charge in [0.25, 0.3) is 11.5 Å². The molecule has 1 atom stereocenters. The first-order valence-electron chi connectivity index (χ1n) is 8.52. The smallest absolute Gasteiger partial charge is 0.410 e. The highest BCUT2D eigenvalue weighted by Crippen LogP contribution is 2.55. The third-order valence-electron chi connectivity index (χ3n) is 5.47. The van der Waals surface area contributed by atoms with Crippen LogP contribution < -0.4 is 21.5 Å². The molecule has 10 nitrogen and oxygen atoms in total. The number of nitrogens with zero attached hydrogens (tertiary/aromatic N) is 3. The van der Waals surface area contributed by atoms with Crippen LogP contribution in [0.25, 0.3) is 0 Å². The summed E-state index contributed by atoms with van der Waals surface area (Å²) in [7, 11) is 0. The summed E-state index contributed by atoms with van der Waals surface area (Å²) in [5.41, 5.74) is -1.29. The standard InChI is InChI=1S/C17H17ClN6O4/c1-16(2)3-4-17(16)23-13(25)12-8(18)5-9(14(26)24(12)17)21-10-6-11(20-7-19-10)22-15(27)28/h5-7H,3-4H2,1-2H3,(H,23,25)(H,27,28)(H2,19,20,21,22). The molecule has 2 aliphatic rings. The van der Waals surface area contributed by atoms with Crippen molar-refractivity contribution in [2.75, 3.05) is 10.6 Å². The number of hydrogen-bond donors (Lipinski definition) is 4. The van der Waals surface area contributed by atoms with E-state index in [-0.39, 0.29) is 39.4 Å². The van der Waals surface area contributed by atoms with E-state index in [1.807, 2.05) is 13.8 Å². The van der Waals surface area contributed by atoms with Gasteiger partial charge in [0, 0.05) is 11.5 Å². The van der Waals surface area contributed by atoms with E-state index >= 15 is 0 Å². The molecular formula is C17H17ClN6O4. The van der Waals surface area contributed by atoms with Gasteiger partial charge in [-0.3, -0.25) is 19.5 Å². The molecule has 28 heavy (non-hydrogen) atoms. The lowest BCUT2D eigenvalue weighted by Gasteiger charge is -2.54. The topological polar surface area (TPSA) is 138 Å². The lowest BCUT2D eigenvalue weighted by Crippen LogP contribution is -2.63. The fourth-order valence-electron chi connectivity index (χ4n) is 3.80. The van der Waals surface area contributed by atoms with Crippen LogP contribution in [0.3, 0.4) is 0 Å². The molecule has 0 radical (unpaired) electrons. The Balaban J connectivity index is 1.79. The first kappa shape index (κ1) is 18.2. The molecule has 1 unspecified atom stereocenters. The predicted molar refractivity (Wildman–Crippen MR) is 101 cm³/mol. The molecule has 1 aliphatic heterocycles. The SMILES string of the molecule is CC1(C)CCC12NC(=O)c1c(Cl)cc(Nc3cc(NC(=O)O)ncn3)c(=O)n12. The molecular weight excluding hydrogens is 388 g/mol. The molecule has 4 N–H and O–H groups in total. The van der Waals surface area contributed by atoms with Gasteiger partial charge in [-0.25, -0.2) is 14.8 Å². The average Bonchev–Trinajstić information content (AvgIpc) is 2.95. The van der Waals surface area contributed by atoms with Gasteiger partial charge in [-0.15, -0.1) is 0 Å². The number of rotatable bonds is 3. The lowest BCUT2D eigenvalue weighted by atomic mass is 9.62. The quantitative estimate of drug-likeness (QED) is 0.615. The Morgan fingerprint density at radius 2 is 1.96 bits per heavy atom. The second kappa shape index (κ2) is 5.93. The van der Waals surface area contributed by atoms with Gasteiger partial charge in [0.2, 0.25) is 0 Å². The Bertz CT molecular complexity index is 1080. The van der Waals surface area contributed by atoms with Gasteiger partial charge in [0.05, 0.1) is 5.02 Å². The van der Waals surface area contributed by atoms with Crippen molar-refractivity contribution in [2.24, 2.45) is 5.41 Å². The number of pyridine rings is 1. The maximum absolute atomic E-state index is 13.2. The number of aromatic nitrogens is 3. The number of anilines is 3. The second-order valence-electron chi connectivity index (χ2n) is 7.44. The Labute approximate surface area is 163 Å². The fourth-order valence-corrected chi connectivity index (χ4v) is 4.08. The van der Waals surface area contributed by atoms with Crippen molar-refractivity contribution in [3.05, 3.63) is 39.5 Å². The number of nitrogens with one attached hydrogen (secondary N) is 3. The van der Waals surface area contributed by atoms with E-state index in [4.69, 9.17) is 16.7 Å². The van der Waals surface area contributed by atoms with Crippen LogP contribution in [0.5, 0.6) is 0 Å². The lowest BCUT2D eigenvalue weighted by molar-refractivity contribution is -0.0501. The number of halogens is 1. The van der Waals surface area contributed by atoms with Gasteiger partial charge in [0.15, 0.2) is 0 Å². The van der Waals surface area contributed by atoms with E-state index in [0.29, 0.717) is 6.42 Å². The van der Waals surface area contributed by atoms with Crippen LogP contribution in [-0.4, -0.2) is 31.6 Å². The molecule has 1 fully saturated rings. The van der Waals surface area contributed by atoms with Crippen LogP contribution in [-0.2, 0) is 5.66 Å². The van der Waals surface area contributed by atoms with Crippen molar-refractivity contribution in [3.8, 4) is 0 Å². The normalized spacial score (nSPS) is 21.6. The summed E-state index contributed by atoms with van der Waals surface area (Å²) in [6, 6.07) is 2.71. The molecule has 1 saturated carbocycles. The number of fused-ring (bicyclic) bond motifs is 2. The zero-order valence-electron chi connectivity index (χ0n) is 15.0. The van der Waals surface area contributed by atoms with Crippen molar-refractivity contribution in [2.45, 2.75) is 32.4 Å². The van der Waals surface area contributed by atoms with Crippen LogP contribution in [0.15, 0.2) is 23.3 Å². The second-order valence-corrected chi connectivity index (χ2v) is 7.84.